The number of halogens is 1. The second-order valence-corrected chi connectivity index (χ2v) is 21.0. The molecule has 0 bridgehead atoms. The van der Waals surface area contributed by atoms with E-state index >= 15 is 0 Å². The van der Waals surface area contributed by atoms with Gasteiger partial charge in [-0.1, -0.05) is 54.8 Å². The summed E-state index contributed by atoms with van der Waals surface area (Å²) < 4.78 is 42.9. The first-order valence-electron chi connectivity index (χ1n) is 21.2. The van der Waals surface area contributed by atoms with E-state index in [2.05, 4.69) is 15.4 Å². The van der Waals surface area contributed by atoms with Crippen LogP contribution in [0, 0.1) is 5.92 Å². The zero-order valence-electron chi connectivity index (χ0n) is 36.5. The second-order valence-electron chi connectivity index (χ2n) is 17.8. The predicted molar refractivity (Wildman–Crippen MR) is 241 cm³/mol. The number of alkyl carbamates (subject to hydrolysis) is 1. The Kier molecular flexibility index (Phi) is 13.3. The number of aromatic nitrogens is 3. The summed E-state index contributed by atoms with van der Waals surface area (Å²) in [5, 5.41) is 9.01. The van der Waals surface area contributed by atoms with Crippen LogP contribution in [-0.2, 0) is 29.3 Å². The Labute approximate surface area is 376 Å². The van der Waals surface area contributed by atoms with E-state index in [1.165, 1.54) is 30.3 Å². The van der Waals surface area contributed by atoms with Gasteiger partial charge in [-0.25, -0.2) is 14.5 Å². The smallest absolute Gasteiger partial charge is 0.408 e. The van der Waals surface area contributed by atoms with Crippen LogP contribution in [-0.4, -0.2) is 106 Å². The van der Waals surface area contributed by atoms with E-state index in [-0.39, 0.29) is 37.9 Å². The number of imidazole rings is 1. The molecule has 1 saturated carbocycles. The number of ether oxygens (including phenoxy) is 2. The summed E-state index contributed by atoms with van der Waals surface area (Å²) in [6.07, 6.45) is 5.48. The van der Waals surface area contributed by atoms with E-state index in [0.29, 0.717) is 23.4 Å². The van der Waals surface area contributed by atoms with Crippen molar-refractivity contribution in [1.82, 2.24) is 39.1 Å². The third-order valence-corrected chi connectivity index (χ3v) is 13.9. The standard InChI is InChI=1S/C44H55ClN8O8S2/c1-26(2)53-34-17-13-15-31(38-46-33(25-62-38)27-18-20-29(45)21-19-27)36(34)48-41(53)60-30-22-35-37(54)49-44(40(56)50-63(58,59)51(6)7)23-28(44)14-11-9-8-10-12-16-32(39(55)52(35)24-30)47-42(57)61-43(3,4)5/h11,13-15,17-21,25-26,28,30,32,35H,8-10,12,16,22-24H2,1-7H3,(H,47,57)(H,49,54)(H,50,56)/t28-,30-,32+,35+,44-/m1/s1. The summed E-state index contributed by atoms with van der Waals surface area (Å²) in [7, 11) is -1.61. The minimum absolute atomic E-state index is 0.00994. The molecular weight excluding hydrogens is 868 g/mol. The Bertz CT molecular complexity index is 2520. The lowest BCUT2D eigenvalue weighted by molar-refractivity contribution is -0.141. The third kappa shape index (κ3) is 10.2. The third-order valence-electron chi connectivity index (χ3n) is 11.4. The van der Waals surface area contributed by atoms with Gasteiger partial charge in [0.05, 0.1) is 17.8 Å². The number of carbonyl (C=O) groups excluding carboxylic acids is 4. The van der Waals surface area contributed by atoms with Crippen LogP contribution in [0.3, 0.4) is 0 Å². The van der Waals surface area contributed by atoms with Gasteiger partial charge in [-0.05, 0) is 84.6 Å². The quantitative estimate of drug-likeness (QED) is 0.154. The Morgan fingerprint density at radius 3 is 2.51 bits per heavy atom. The van der Waals surface area contributed by atoms with Gasteiger partial charge < -0.3 is 25.0 Å². The van der Waals surface area contributed by atoms with Gasteiger partial charge in [-0.15, -0.1) is 11.3 Å². The first-order chi connectivity index (χ1) is 29.8. The monoisotopic (exact) mass is 922 g/mol. The van der Waals surface area contributed by atoms with Crippen LogP contribution < -0.4 is 20.1 Å². The van der Waals surface area contributed by atoms with Crippen molar-refractivity contribution >= 4 is 68.0 Å². The SMILES string of the molecule is CC(C)n1c(O[C@@H]2C[C@H]3C(=O)N[C@]4(C(=O)NS(=O)(=O)N(C)C)C[C@H]4C=CCCCCC[C@H](NC(=O)OC(C)(C)C)C(=O)N3C2)nc2c(-c3nc(-c4ccc(Cl)cc4)cs3)cccc21. The molecule has 4 heterocycles. The number of amides is 4. The van der Waals surface area contributed by atoms with Crippen LogP contribution in [0.15, 0.2) is 60.0 Å². The maximum absolute atomic E-state index is 14.7. The summed E-state index contributed by atoms with van der Waals surface area (Å²) in [6, 6.07) is 11.3. The van der Waals surface area contributed by atoms with Crippen molar-refractivity contribution in [3.8, 4) is 27.8 Å². The predicted octanol–water partition coefficient (Wildman–Crippen LogP) is 6.62. The Hall–Kier alpha value is -5.04. The molecule has 1 saturated heterocycles. The molecule has 4 aromatic rings. The molecule has 0 radical (unpaired) electrons. The fraction of sp³-hybridized carbons (Fsp3) is 0.500. The highest BCUT2D eigenvalue weighted by Crippen LogP contribution is 2.46. The average Bonchev–Trinajstić information content (AvgIpc) is 3.55. The number of thiazole rings is 1. The summed E-state index contributed by atoms with van der Waals surface area (Å²) in [4.78, 5) is 67.7. The first-order valence-corrected chi connectivity index (χ1v) is 23.9. The van der Waals surface area contributed by atoms with Crippen molar-refractivity contribution in [1.29, 1.82) is 0 Å². The van der Waals surface area contributed by atoms with Crippen molar-refractivity contribution in [3.63, 3.8) is 0 Å². The summed E-state index contributed by atoms with van der Waals surface area (Å²) in [6.45, 7) is 9.15. The maximum Gasteiger partial charge on any atom is 0.408 e. The molecule has 0 unspecified atom stereocenters. The fourth-order valence-corrected chi connectivity index (χ4v) is 9.64. The summed E-state index contributed by atoms with van der Waals surface area (Å²) >= 11 is 7.62. The highest BCUT2D eigenvalue weighted by Gasteiger charge is 2.62. The van der Waals surface area contributed by atoms with Gasteiger partial charge in [-0.3, -0.25) is 19.0 Å². The lowest BCUT2D eigenvalue weighted by Gasteiger charge is -2.30. The summed E-state index contributed by atoms with van der Waals surface area (Å²) in [5.74, 6) is -2.53. The minimum atomic E-state index is -4.19. The number of para-hydroxylation sites is 1. The number of allylic oxidation sites excluding steroid dienone is 1. The van der Waals surface area contributed by atoms with E-state index in [1.54, 1.807) is 20.8 Å². The van der Waals surface area contributed by atoms with Gasteiger partial charge in [0, 0.05) is 54.0 Å². The first kappa shape index (κ1) is 46.0. The molecular formula is C44H55ClN8O8S2. The minimum Gasteiger partial charge on any atom is -0.459 e. The van der Waals surface area contributed by atoms with Gasteiger partial charge in [0.2, 0.25) is 11.8 Å². The van der Waals surface area contributed by atoms with Gasteiger partial charge >= 0.3 is 16.3 Å². The Balaban J connectivity index is 1.23. The molecule has 0 spiro atoms. The van der Waals surface area contributed by atoms with Gasteiger partial charge in [0.25, 0.3) is 11.9 Å². The lowest BCUT2D eigenvalue weighted by Crippen LogP contribution is -2.58. The fourth-order valence-electron chi connectivity index (χ4n) is 8.06. The maximum atomic E-state index is 14.7. The van der Waals surface area contributed by atoms with Gasteiger partial charge in [0.1, 0.15) is 39.9 Å². The molecule has 16 nitrogen and oxygen atoms in total. The largest absolute Gasteiger partial charge is 0.459 e. The van der Waals surface area contributed by atoms with Crippen LogP contribution in [0.25, 0.3) is 32.9 Å². The molecule has 3 aliphatic rings. The molecule has 338 valence electrons. The topological polar surface area (TPSA) is 194 Å². The van der Waals surface area contributed by atoms with Crippen molar-refractivity contribution < 1.29 is 37.1 Å². The molecule has 1 aliphatic carbocycles. The van der Waals surface area contributed by atoms with E-state index in [4.69, 9.17) is 31.0 Å². The normalized spacial score (nSPS) is 23.4. The molecule has 2 fully saturated rings. The number of hydrogen-bond acceptors (Lipinski definition) is 11. The van der Waals surface area contributed by atoms with E-state index in [1.807, 2.05) is 78.4 Å². The number of benzene rings is 2. The van der Waals surface area contributed by atoms with Crippen molar-refractivity contribution in [2.75, 3.05) is 20.6 Å². The molecule has 2 aromatic carbocycles. The molecule has 5 atom stereocenters. The van der Waals surface area contributed by atoms with E-state index in [9.17, 15) is 27.6 Å². The second kappa shape index (κ2) is 18.2. The van der Waals surface area contributed by atoms with Crippen LogP contribution in [0.4, 0.5) is 4.79 Å². The molecule has 63 heavy (non-hydrogen) atoms. The Morgan fingerprint density at radius 2 is 1.81 bits per heavy atom. The van der Waals surface area contributed by atoms with Crippen LogP contribution in [0.5, 0.6) is 6.01 Å². The molecule has 2 aliphatic heterocycles. The molecule has 4 amide bonds. The highest BCUT2D eigenvalue weighted by atomic mass is 35.5. The van der Waals surface area contributed by atoms with Gasteiger partial charge in [-0.2, -0.15) is 17.7 Å². The number of fused-ring (bicyclic) bond motifs is 3. The van der Waals surface area contributed by atoms with Crippen LogP contribution in [0.1, 0.15) is 85.6 Å². The number of hydrogen-bond donors (Lipinski definition) is 3. The number of rotatable bonds is 9. The van der Waals surface area contributed by atoms with Crippen molar-refractivity contribution in [3.05, 3.63) is 65.0 Å². The van der Waals surface area contributed by atoms with Crippen LogP contribution in [0.2, 0.25) is 5.02 Å². The van der Waals surface area contributed by atoms with Crippen molar-refractivity contribution in [2.45, 2.75) is 115 Å². The molecule has 7 rings (SSSR count). The molecule has 19 heteroatoms. The van der Waals surface area contributed by atoms with E-state index in [0.717, 1.165) is 44.5 Å². The van der Waals surface area contributed by atoms with E-state index < -0.39 is 69.3 Å². The number of nitrogens with zero attached hydrogens (tertiary/aromatic N) is 5. The number of carbonyl (C=O) groups is 4. The van der Waals surface area contributed by atoms with Crippen molar-refractivity contribution in [2.24, 2.45) is 5.92 Å². The van der Waals surface area contributed by atoms with Crippen LogP contribution >= 0.6 is 22.9 Å². The molecule has 2 aromatic heterocycles. The zero-order chi connectivity index (χ0) is 45.4. The van der Waals surface area contributed by atoms with Gasteiger partial charge in [0.15, 0.2) is 0 Å². The lowest BCUT2D eigenvalue weighted by atomic mass is 10.0. The highest BCUT2D eigenvalue weighted by molar-refractivity contribution is 7.87. The average molecular weight is 924 g/mol. The molecule has 3 N–H and O–H groups in total. The number of nitrogens with one attached hydrogen (secondary N) is 3. The zero-order valence-corrected chi connectivity index (χ0v) is 38.9. The Morgan fingerprint density at radius 1 is 1.06 bits per heavy atom. The summed E-state index contributed by atoms with van der Waals surface area (Å²) in [5.41, 5.74) is 1.59.